The van der Waals surface area contributed by atoms with E-state index in [1.165, 1.54) is 5.56 Å². The SMILES string of the molecule is CC(C)CC(N)C(=O)N1CCN(Cc2cccnc2)CC1. The number of piperazine rings is 1. The van der Waals surface area contributed by atoms with E-state index in [9.17, 15) is 4.79 Å². The third-order valence-corrected chi connectivity index (χ3v) is 3.86. The van der Waals surface area contributed by atoms with Crippen molar-refractivity contribution in [3.8, 4) is 0 Å². The molecule has 1 saturated heterocycles. The van der Waals surface area contributed by atoms with Crippen LogP contribution in [-0.2, 0) is 11.3 Å². The predicted octanol–water partition coefficient (Wildman–Crippen LogP) is 1.10. The van der Waals surface area contributed by atoms with Gasteiger partial charge in [-0.2, -0.15) is 0 Å². The van der Waals surface area contributed by atoms with E-state index in [4.69, 9.17) is 5.73 Å². The fourth-order valence-corrected chi connectivity index (χ4v) is 2.72. The van der Waals surface area contributed by atoms with Crippen LogP contribution in [0.5, 0.6) is 0 Å². The minimum atomic E-state index is -0.352. The minimum absolute atomic E-state index is 0.102. The van der Waals surface area contributed by atoms with Crippen LogP contribution in [0.4, 0.5) is 0 Å². The smallest absolute Gasteiger partial charge is 0.239 e. The Kier molecular flexibility index (Phi) is 5.70. The van der Waals surface area contributed by atoms with Gasteiger partial charge in [0.15, 0.2) is 0 Å². The standard InChI is InChI=1S/C16H26N4O/c1-13(2)10-15(17)16(21)20-8-6-19(7-9-20)12-14-4-3-5-18-11-14/h3-5,11,13,15H,6-10,12,17H2,1-2H3. The van der Waals surface area contributed by atoms with Gasteiger partial charge in [-0.3, -0.25) is 14.7 Å². The topological polar surface area (TPSA) is 62.5 Å². The van der Waals surface area contributed by atoms with Crippen LogP contribution in [0, 0.1) is 5.92 Å². The third-order valence-electron chi connectivity index (χ3n) is 3.86. The van der Waals surface area contributed by atoms with Crippen molar-refractivity contribution in [1.29, 1.82) is 0 Å². The molecule has 1 aromatic heterocycles. The summed E-state index contributed by atoms with van der Waals surface area (Å²) in [5.74, 6) is 0.556. The quantitative estimate of drug-likeness (QED) is 0.882. The van der Waals surface area contributed by atoms with Crippen LogP contribution in [0.15, 0.2) is 24.5 Å². The van der Waals surface area contributed by atoms with Crippen LogP contribution in [0.1, 0.15) is 25.8 Å². The van der Waals surface area contributed by atoms with Crippen LogP contribution in [0.3, 0.4) is 0 Å². The van der Waals surface area contributed by atoms with Gasteiger partial charge >= 0.3 is 0 Å². The Morgan fingerprint density at radius 3 is 2.62 bits per heavy atom. The molecule has 1 amide bonds. The summed E-state index contributed by atoms with van der Waals surface area (Å²) in [6, 6.07) is 3.69. The zero-order chi connectivity index (χ0) is 15.2. The van der Waals surface area contributed by atoms with Crippen LogP contribution in [0.25, 0.3) is 0 Å². The Labute approximate surface area is 127 Å². The molecule has 2 rings (SSSR count). The molecule has 2 heterocycles. The highest BCUT2D eigenvalue weighted by atomic mass is 16.2. The predicted molar refractivity (Wildman–Crippen MR) is 83.5 cm³/mol. The van der Waals surface area contributed by atoms with Gasteiger partial charge in [-0.15, -0.1) is 0 Å². The molecule has 5 heteroatoms. The highest BCUT2D eigenvalue weighted by Gasteiger charge is 2.25. The number of carbonyl (C=O) groups is 1. The van der Waals surface area contributed by atoms with Gasteiger partial charge in [0.2, 0.25) is 5.91 Å². The first-order valence-corrected chi connectivity index (χ1v) is 7.72. The first-order valence-electron chi connectivity index (χ1n) is 7.72. The number of pyridine rings is 1. The molecule has 116 valence electrons. The van der Waals surface area contributed by atoms with Gasteiger partial charge in [0.05, 0.1) is 6.04 Å². The second-order valence-electron chi connectivity index (χ2n) is 6.20. The van der Waals surface area contributed by atoms with E-state index >= 15 is 0 Å². The molecule has 0 saturated carbocycles. The number of aromatic nitrogens is 1. The minimum Gasteiger partial charge on any atom is -0.339 e. The number of hydrogen-bond acceptors (Lipinski definition) is 4. The molecular weight excluding hydrogens is 264 g/mol. The largest absolute Gasteiger partial charge is 0.339 e. The van der Waals surface area contributed by atoms with Gasteiger partial charge in [0.1, 0.15) is 0 Å². The zero-order valence-corrected chi connectivity index (χ0v) is 13.0. The Balaban J connectivity index is 1.79. The van der Waals surface area contributed by atoms with E-state index in [0.717, 1.165) is 39.1 Å². The highest BCUT2D eigenvalue weighted by molar-refractivity contribution is 5.81. The molecule has 0 bridgehead atoms. The Morgan fingerprint density at radius 2 is 2.05 bits per heavy atom. The van der Waals surface area contributed by atoms with Crippen LogP contribution >= 0.6 is 0 Å². The molecule has 21 heavy (non-hydrogen) atoms. The van der Waals surface area contributed by atoms with Crippen molar-refractivity contribution >= 4 is 5.91 Å². The fraction of sp³-hybridized carbons (Fsp3) is 0.625. The third kappa shape index (κ3) is 4.79. The number of nitrogens with two attached hydrogens (primary N) is 1. The highest BCUT2D eigenvalue weighted by Crippen LogP contribution is 2.11. The van der Waals surface area contributed by atoms with E-state index in [2.05, 4.69) is 29.8 Å². The lowest BCUT2D eigenvalue weighted by Gasteiger charge is -2.36. The molecule has 0 aromatic carbocycles. The lowest BCUT2D eigenvalue weighted by atomic mass is 10.0. The van der Waals surface area contributed by atoms with Crippen molar-refractivity contribution in [2.24, 2.45) is 11.7 Å². The van der Waals surface area contributed by atoms with Crippen LogP contribution in [-0.4, -0.2) is 52.9 Å². The molecule has 2 N–H and O–H groups in total. The van der Waals surface area contributed by atoms with Gasteiger partial charge in [0, 0.05) is 45.1 Å². The van der Waals surface area contributed by atoms with Crippen molar-refractivity contribution in [2.45, 2.75) is 32.9 Å². The first-order chi connectivity index (χ1) is 10.1. The summed E-state index contributed by atoms with van der Waals surface area (Å²) in [4.78, 5) is 20.7. The van der Waals surface area contributed by atoms with Crippen molar-refractivity contribution in [3.63, 3.8) is 0 Å². The summed E-state index contributed by atoms with van der Waals surface area (Å²) in [6.07, 6.45) is 4.45. The molecule has 5 nitrogen and oxygen atoms in total. The molecule has 1 aromatic rings. The summed E-state index contributed by atoms with van der Waals surface area (Å²) in [7, 11) is 0. The molecule has 1 fully saturated rings. The lowest BCUT2D eigenvalue weighted by molar-refractivity contribution is -0.134. The summed E-state index contributed by atoms with van der Waals surface area (Å²) >= 11 is 0. The van der Waals surface area contributed by atoms with Gasteiger partial charge in [-0.1, -0.05) is 19.9 Å². The van der Waals surface area contributed by atoms with E-state index in [0.29, 0.717) is 5.92 Å². The molecule has 0 spiro atoms. The second-order valence-corrected chi connectivity index (χ2v) is 6.20. The van der Waals surface area contributed by atoms with Crippen molar-refractivity contribution < 1.29 is 4.79 Å². The summed E-state index contributed by atoms with van der Waals surface area (Å²) in [5.41, 5.74) is 7.21. The normalized spacial score (nSPS) is 18.0. The molecule has 1 aliphatic rings. The average Bonchev–Trinajstić information content (AvgIpc) is 2.47. The Bertz CT molecular complexity index is 441. The Morgan fingerprint density at radius 1 is 1.33 bits per heavy atom. The van der Waals surface area contributed by atoms with E-state index < -0.39 is 0 Å². The number of carbonyl (C=O) groups excluding carboxylic acids is 1. The van der Waals surface area contributed by atoms with Gasteiger partial charge in [-0.05, 0) is 24.0 Å². The molecule has 0 aliphatic carbocycles. The van der Waals surface area contributed by atoms with Crippen molar-refractivity contribution in [1.82, 2.24) is 14.8 Å². The summed E-state index contributed by atoms with van der Waals surface area (Å²) in [6.45, 7) is 8.42. The van der Waals surface area contributed by atoms with E-state index in [-0.39, 0.29) is 11.9 Å². The number of hydrogen-bond donors (Lipinski definition) is 1. The fourth-order valence-electron chi connectivity index (χ4n) is 2.72. The Hall–Kier alpha value is -1.46. The van der Waals surface area contributed by atoms with E-state index in [1.54, 1.807) is 6.20 Å². The van der Waals surface area contributed by atoms with Gasteiger partial charge < -0.3 is 10.6 Å². The first kappa shape index (κ1) is 15.9. The van der Waals surface area contributed by atoms with Crippen LogP contribution in [0.2, 0.25) is 0 Å². The second kappa shape index (κ2) is 7.52. The molecule has 1 aliphatic heterocycles. The lowest BCUT2D eigenvalue weighted by Crippen LogP contribution is -2.53. The number of rotatable bonds is 5. The molecule has 1 unspecified atom stereocenters. The van der Waals surface area contributed by atoms with E-state index in [1.807, 2.05) is 17.2 Å². The maximum atomic E-state index is 12.3. The summed E-state index contributed by atoms with van der Waals surface area (Å²) < 4.78 is 0. The number of nitrogens with zero attached hydrogens (tertiary/aromatic N) is 3. The monoisotopic (exact) mass is 290 g/mol. The maximum Gasteiger partial charge on any atom is 0.239 e. The zero-order valence-electron chi connectivity index (χ0n) is 13.0. The molecule has 0 radical (unpaired) electrons. The average molecular weight is 290 g/mol. The van der Waals surface area contributed by atoms with Gasteiger partial charge in [-0.25, -0.2) is 0 Å². The number of amides is 1. The van der Waals surface area contributed by atoms with Gasteiger partial charge in [0.25, 0.3) is 0 Å². The molecule has 1 atom stereocenters. The van der Waals surface area contributed by atoms with Crippen molar-refractivity contribution in [3.05, 3.63) is 30.1 Å². The summed E-state index contributed by atoms with van der Waals surface area (Å²) in [5, 5.41) is 0. The maximum absolute atomic E-state index is 12.3. The van der Waals surface area contributed by atoms with Crippen LogP contribution < -0.4 is 5.73 Å². The van der Waals surface area contributed by atoms with Crippen molar-refractivity contribution in [2.75, 3.05) is 26.2 Å². The molecular formula is C16H26N4O.